The normalized spacial score (nSPS) is 15.1. The maximum Gasteiger partial charge on any atom is 0.413 e. The summed E-state index contributed by atoms with van der Waals surface area (Å²) in [5.74, 6) is 0. The molecule has 1 unspecified atom stereocenters. The third-order valence-electron chi connectivity index (χ3n) is 5.99. The molecule has 0 aromatic heterocycles. The van der Waals surface area contributed by atoms with E-state index in [1.165, 1.54) is 0 Å². The molecular weight excluding hydrogens is 469 g/mol. The van der Waals surface area contributed by atoms with Crippen LogP contribution in [-0.4, -0.2) is 43.4 Å². The molecule has 34 heavy (non-hydrogen) atoms. The van der Waals surface area contributed by atoms with Gasteiger partial charge in [-0.3, -0.25) is 10.2 Å². The van der Waals surface area contributed by atoms with E-state index in [9.17, 15) is 4.79 Å². The summed E-state index contributed by atoms with van der Waals surface area (Å²) in [6.07, 6.45) is 0.972. The Bertz CT molecular complexity index is 1100. The minimum absolute atomic E-state index is 0.278. The Morgan fingerprint density at radius 1 is 0.941 bits per heavy atom. The second-order valence-electron chi connectivity index (χ2n) is 8.32. The Morgan fingerprint density at radius 3 is 2.38 bits per heavy atom. The van der Waals surface area contributed by atoms with E-state index in [4.69, 9.17) is 27.9 Å². The minimum Gasteiger partial charge on any atom is -0.430 e. The van der Waals surface area contributed by atoms with Crippen LogP contribution in [-0.2, 0) is 4.74 Å². The third-order valence-corrected chi connectivity index (χ3v) is 6.80. The van der Waals surface area contributed by atoms with Crippen LogP contribution in [0.25, 0.3) is 11.1 Å². The number of nitrogens with zero attached hydrogens (tertiary/aromatic N) is 2. The number of ether oxygens (including phenoxy) is 1. The fraction of sp³-hybridized carbons (Fsp3) is 0.296. The molecule has 1 aliphatic heterocycles. The van der Waals surface area contributed by atoms with Gasteiger partial charge < -0.3 is 9.64 Å². The summed E-state index contributed by atoms with van der Waals surface area (Å²) >= 11 is 12.6. The minimum atomic E-state index is -0.441. The van der Waals surface area contributed by atoms with E-state index in [1.54, 1.807) is 6.07 Å². The molecule has 0 aliphatic carbocycles. The van der Waals surface area contributed by atoms with Crippen molar-refractivity contribution in [2.75, 3.05) is 36.4 Å². The fourth-order valence-electron chi connectivity index (χ4n) is 4.23. The summed E-state index contributed by atoms with van der Waals surface area (Å²) in [6.45, 7) is 5.20. The van der Waals surface area contributed by atoms with E-state index in [-0.39, 0.29) is 6.23 Å². The molecule has 0 spiro atoms. The van der Waals surface area contributed by atoms with E-state index in [1.807, 2.05) is 66.7 Å². The summed E-state index contributed by atoms with van der Waals surface area (Å²) < 4.78 is 5.87. The van der Waals surface area contributed by atoms with Crippen LogP contribution in [0, 0.1) is 0 Å². The number of carbonyl (C=O) groups is 1. The highest BCUT2D eigenvalue weighted by atomic mass is 35.5. The predicted octanol–water partition coefficient (Wildman–Crippen LogP) is 7.16. The van der Waals surface area contributed by atoms with Crippen molar-refractivity contribution in [3.05, 3.63) is 82.8 Å². The summed E-state index contributed by atoms with van der Waals surface area (Å²) in [4.78, 5) is 17.2. The lowest BCUT2D eigenvalue weighted by Gasteiger charge is -2.39. The zero-order valence-electron chi connectivity index (χ0n) is 19.2. The lowest BCUT2D eigenvalue weighted by atomic mass is 10.1. The zero-order valence-corrected chi connectivity index (χ0v) is 20.7. The van der Waals surface area contributed by atoms with Gasteiger partial charge in [0.25, 0.3) is 0 Å². The standard InChI is InChI=1S/C27H29Cl2N3O2/c1-2-8-25(32-17-15-31(16-18-32)24-14-7-13-23(28)26(24)29)34-27(33)30-22-12-6-11-21(19-22)20-9-4-3-5-10-20/h3-7,9-14,19,25H,2,8,15-18H2,1H3,(H,30,33). The largest absolute Gasteiger partial charge is 0.430 e. The molecule has 7 heteroatoms. The first kappa shape index (κ1) is 24.4. The summed E-state index contributed by atoms with van der Waals surface area (Å²) in [5, 5.41) is 4.03. The van der Waals surface area contributed by atoms with Crippen LogP contribution in [0.1, 0.15) is 19.8 Å². The molecule has 0 saturated carbocycles. The van der Waals surface area contributed by atoms with Crippen molar-refractivity contribution in [2.24, 2.45) is 0 Å². The van der Waals surface area contributed by atoms with Gasteiger partial charge in [0.15, 0.2) is 6.23 Å². The van der Waals surface area contributed by atoms with Gasteiger partial charge in [0.2, 0.25) is 0 Å². The molecule has 1 atom stereocenters. The molecule has 0 radical (unpaired) electrons. The fourth-order valence-corrected chi connectivity index (χ4v) is 4.64. The maximum atomic E-state index is 12.8. The number of halogens is 2. The number of piperazine rings is 1. The summed E-state index contributed by atoms with van der Waals surface area (Å²) in [6, 6.07) is 23.6. The van der Waals surface area contributed by atoms with Gasteiger partial charge in [-0.25, -0.2) is 4.79 Å². The van der Waals surface area contributed by atoms with E-state index in [0.29, 0.717) is 15.7 Å². The first-order chi connectivity index (χ1) is 16.5. The van der Waals surface area contributed by atoms with Crippen molar-refractivity contribution in [3.63, 3.8) is 0 Å². The van der Waals surface area contributed by atoms with E-state index >= 15 is 0 Å². The maximum absolute atomic E-state index is 12.8. The van der Waals surface area contributed by atoms with Crippen molar-refractivity contribution in [2.45, 2.75) is 26.0 Å². The molecule has 0 bridgehead atoms. The Labute approximate surface area is 211 Å². The van der Waals surface area contributed by atoms with Gasteiger partial charge >= 0.3 is 6.09 Å². The molecule has 3 aromatic rings. The molecule has 1 aliphatic rings. The Kier molecular flexibility index (Phi) is 8.33. The van der Waals surface area contributed by atoms with Crippen LogP contribution in [0.3, 0.4) is 0 Å². The number of benzene rings is 3. The number of hydrogen-bond donors (Lipinski definition) is 1. The molecule has 1 amide bonds. The molecule has 1 fully saturated rings. The van der Waals surface area contributed by atoms with Crippen LogP contribution in [0.2, 0.25) is 10.0 Å². The number of rotatable bonds is 7. The van der Waals surface area contributed by atoms with Gasteiger partial charge in [-0.05, 0) is 41.8 Å². The van der Waals surface area contributed by atoms with Crippen LogP contribution < -0.4 is 10.2 Å². The van der Waals surface area contributed by atoms with Crippen molar-refractivity contribution in [3.8, 4) is 11.1 Å². The monoisotopic (exact) mass is 497 g/mol. The van der Waals surface area contributed by atoms with Crippen LogP contribution in [0.15, 0.2) is 72.8 Å². The molecule has 3 aromatic carbocycles. The van der Waals surface area contributed by atoms with Gasteiger partial charge in [-0.15, -0.1) is 0 Å². The first-order valence-corrected chi connectivity index (χ1v) is 12.4. The number of anilines is 2. The highest BCUT2D eigenvalue weighted by Gasteiger charge is 2.27. The van der Waals surface area contributed by atoms with E-state index < -0.39 is 6.09 Å². The molecule has 5 nitrogen and oxygen atoms in total. The molecule has 1 N–H and O–H groups in total. The highest BCUT2D eigenvalue weighted by Crippen LogP contribution is 2.33. The van der Waals surface area contributed by atoms with Crippen molar-refractivity contribution in [1.29, 1.82) is 0 Å². The van der Waals surface area contributed by atoms with E-state index in [0.717, 1.165) is 55.8 Å². The smallest absolute Gasteiger partial charge is 0.413 e. The molecule has 178 valence electrons. The lowest BCUT2D eigenvalue weighted by Crippen LogP contribution is -2.52. The number of carbonyl (C=O) groups excluding carboxylic acids is 1. The average Bonchev–Trinajstić information content (AvgIpc) is 2.86. The average molecular weight is 498 g/mol. The van der Waals surface area contributed by atoms with E-state index in [2.05, 4.69) is 22.0 Å². The summed E-state index contributed by atoms with van der Waals surface area (Å²) in [5.41, 5.74) is 3.79. The number of amides is 1. The van der Waals surface area contributed by atoms with Crippen molar-refractivity contribution < 1.29 is 9.53 Å². The lowest BCUT2D eigenvalue weighted by molar-refractivity contribution is -0.0159. The molecular formula is C27H29Cl2N3O2. The number of hydrogen-bond acceptors (Lipinski definition) is 4. The van der Waals surface area contributed by atoms with Crippen LogP contribution >= 0.6 is 23.2 Å². The quantitative estimate of drug-likeness (QED) is 0.376. The highest BCUT2D eigenvalue weighted by molar-refractivity contribution is 6.43. The second kappa shape index (κ2) is 11.6. The molecule has 1 heterocycles. The van der Waals surface area contributed by atoms with Gasteiger partial charge in [0, 0.05) is 31.9 Å². The topological polar surface area (TPSA) is 44.8 Å². The van der Waals surface area contributed by atoms with Gasteiger partial charge in [-0.2, -0.15) is 0 Å². The van der Waals surface area contributed by atoms with Gasteiger partial charge in [0.05, 0.1) is 15.7 Å². The Hall–Kier alpha value is -2.73. The molecule has 1 saturated heterocycles. The Balaban J connectivity index is 1.36. The second-order valence-corrected chi connectivity index (χ2v) is 9.10. The van der Waals surface area contributed by atoms with Crippen molar-refractivity contribution in [1.82, 2.24) is 4.90 Å². The van der Waals surface area contributed by atoms with Crippen molar-refractivity contribution >= 4 is 40.7 Å². The SMILES string of the molecule is CCCC(OC(=O)Nc1cccc(-c2ccccc2)c1)N1CCN(c2cccc(Cl)c2Cl)CC1. The van der Waals surface area contributed by atoms with Crippen LogP contribution in [0.5, 0.6) is 0 Å². The molecule has 4 rings (SSSR count). The predicted molar refractivity (Wildman–Crippen MR) is 141 cm³/mol. The van der Waals surface area contributed by atoms with Gasteiger partial charge in [0.1, 0.15) is 0 Å². The number of nitrogens with one attached hydrogen (secondary N) is 1. The first-order valence-electron chi connectivity index (χ1n) is 11.6. The van der Waals surface area contributed by atoms with Gasteiger partial charge in [-0.1, -0.05) is 85.1 Å². The zero-order chi connectivity index (χ0) is 23.9. The third kappa shape index (κ3) is 6.03. The summed E-state index contributed by atoms with van der Waals surface area (Å²) in [7, 11) is 0. The van der Waals surface area contributed by atoms with Crippen LogP contribution in [0.4, 0.5) is 16.2 Å². The Morgan fingerprint density at radius 2 is 1.65 bits per heavy atom.